The summed E-state index contributed by atoms with van der Waals surface area (Å²) in [7, 11) is 0. The van der Waals surface area contributed by atoms with Gasteiger partial charge in [0.05, 0.1) is 10.0 Å². The summed E-state index contributed by atoms with van der Waals surface area (Å²) in [5, 5.41) is 1.10. The average molecular weight is 386 g/mol. The van der Waals surface area contributed by atoms with Crippen LogP contribution in [-0.4, -0.2) is 0 Å². The Morgan fingerprint density at radius 3 is 2.44 bits per heavy atom. The summed E-state index contributed by atoms with van der Waals surface area (Å²) in [6, 6.07) is 7.40. The normalized spacial score (nSPS) is 12.7. The largest absolute Gasteiger partial charge is 0.323 e. The summed E-state index contributed by atoms with van der Waals surface area (Å²) in [5.74, 6) is 0. The zero-order valence-electron chi connectivity index (χ0n) is 9.09. The molecule has 0 radical (unpaired) electrons. The molecule has 1 aromatic heterocycles. The lowest BCUT2D eigenvalue weighted by Gasteiger charge is -2.10. The molecule has 1 atom stereocenters. The molecule has 0 saturated heterocycles. The van der Waals surface area contributed by atoms with Crippen molar-refractivity contribution in [2.75, 3.05) is 0 Å². The number of rotatable bonds is 3. The molecule has 96 valence electrons. The van der Waals surface area contributed by atoms with E-state index in [1.165, 1.54) is 11.3 Å². The van der Waals surface area contributed by atoms with E-state index in [0.717, 1.165) is 19.2 Å². The van der Waals surface area contributed by atoms with Crippen molar-refractivity contribution in [3.63, 3.8) is 0 Å². The van der Waals surface area contributed by atoms with E-state index < -0.39 is 0 Å². The van der Waals surface area contributed by atoms with Gasteiger partial charge in [0.2, 0.25) is 0 Å². The zero-order chi connectivity index (χ0) is 13.3. The van der Waals surface area contributed by atoms with Crippen molar-refractivity contribution in [2.24, 2.45) is 5.73 Å². The highest BCUT2D eigenvalue weighted by Gasteiger charge is 2.13. The first-order valence-corrected chi connectivity index (χ1v) is 7.86. The van der Waals surface area contributed by atoms with Gasteiger partial charge in [0.25, 0.3) is 0 Å². The topological polar surface area (TPSA) is 26.0 Å². The summed E-state index contributed by atoms with van der Waals surface area (Å²) in [6.45, 7) is 0. The van der Waals surface area contributed by atoms with Crippen molar-refractivity contribution >= 4 is 62.1 Å². The summed E-state index contributed by atoms with van der Waals surface area (Å²) in [5.41, 5.74) is 7.21. The molecular formula is C12H9BrCl3NS. The highest BCUT2D eigenvalue weighted by molar-refractivity contribution is 9.10. The van der Waals surface area contributed by atoms with Crippen molar-refractivity contribution in [1.29, 1.82) is 0 Å². The minimum atomic E-state index is -0.101. The van der Waals surface area contributed by atoms with Gasteiger partial charge in [-0.15, -0.1) is 11.3 Å². The maximum atomic E-state index is 6.15. The molecule has 1 nitrogen and oxygen atoms in total. The molecule has 6 heteroatoms. The first kappa shape index (κ1) is 14.6. The Balaban J connectivity index is 2.15. The Hall–Kier alpha value is 0.230. The van der Waals surface area contributed by atoms with E-state index in [-0.39, 0.29) is 6.04 Å². The number of nitrogens with two attached hydrogens (primary N) is 1. The zero-order valence-corrected chi connectivity index (χ0v) is 13.8. The smallest absolute Gasteiger partial charge is 0.107 e. The van der Waals surface area contributed by atoms with Crippen LogP contribution in [0.5, 0.6) is 0 Å². The van der Waals surface area contributed by atoms with Gasteiger partial charge in [0.15, 0.2) is 0 Å². The van der Waals surface area contributed by atoms with Crippen molar-refractivity contribution in [3.05, 3.63) is 53.6 Å². The molecule has 0 aliphatic rings. The molecule has 1 unspecified atom stereocenters. The molecule has 0 spiro atoms. The lowest BCUT2D eigenvalue weighted by Crippen LogP contribution is -2.11. The molecule has 0 aliphatic heterocycles. The molecule has 0 fully saturated rings. The summed E-state index contributed by atoms with van der Waals surface area (Å²) >= 11 is 22.7. The third-order valence-corrected chi connectivity index (χ3v) is 5.81. The van der Waals surface area contributed by atoms with E-state index in [2.05, 4.69) is 15.9 Å². The van der Waals surface area contributed by atoms with E-state index in [9.17, 15) is 0 Å². The van der Waals surface area contributed by atoms with Crippen molar-refractivity contribution < 1.29 is 0 Å². The molecule has 18 heavy (non-hydrogen) atoms. The van der Waals surface area contributed by atoms with Crippen LogP contribution in [0.3, 0.4) is 0 Å². The summed E-state index contributed by atoms with van der Waals surface area (Å²) in [4.78, 5) is 1.04. The Labute approximate surface area is 133 Å². The van der Waals surface area contributed by atoms with E-state index >= 15 is 0 Å². The van der Waals surface area contributed by atoms with Gasteiger partial charge >= 0.3 is 0 Å². The van der Waals surface area contributed by atoms with E-state index in [1.807, 2.05) is 18.2 Å². The summed E-state index contributed by atoms with van der Waals surface area (Å²) in [6.07, 6.45) is 0.695. The van der Waals surface area contributed by atoms with Crippen molar-refractivity contribution in [2.45, 2.75) is 12.5 Å². The first-order valence-electron chi connectivity index (χ1n) is 5.11. The van der Waals surface area contributed by atoms with E-state index in [4.69, 9.17) is 40.5 Å². The SMILES string of the molecule is NC(Cc1ccc(Cl)c(Cl)c1)c1cc(Br)c(Cl)s1. The Morgan fingerprint density at radius 1 is 1.17 bits per heavy atom. The van der Waals surface area contributed by atoms with Gasteiger partial charge in [-0.2, -0.15) is 0 Å². The van der Waals surface area contributed by atoms with E-state index in [1.54, 1.807) is 6.07 Å². The molecule has 2 rings (SSSR count). The van der Waals surface area contributed by atoms with Crippen LogP contribution in [0.15, 0.2) is 28.7 Å². The molecule has 0 aliphatic carbocycles. The van der Waals surface area contributed by atoms with Crippen LogP contribution >= 0.6 is 62.1 Å². The maximum Gasteiger partial charge on any atom is 0.107 e. The number of halogens is 4. The minimum absolute atomic E-state index is 0.101. The fourth-order valence-electron chi connectivity index (χ4n) is 1.57. The Bertz CT molecular complexity index is 551. The molecule has 0 saturated carbocycles. The van der Waals surface area contributed by atoms with Gasteiger partial charge in [-0.25, -0.2) is 0 Å². The number of benzene rings is 1. The van der Waals surface area contributed by atoms with Crippen LogP contribution in [0, 0.1) is 0 Å². The Morgan fingerprint density at radius 2 is 1.89 bits per heavy atom. The second-order valence-electron chi connectivity index (χ2n) is 3.83. The minimum Gasteiger partial charge on any atom is -0.323 e. The lowest BCUT2D eigenvalue weighted by atomic mass is 10.1. The number of hydrogen-bond donors (Lipinski definition) is 1. The number of thiophene rings is 1. The second kappa shape index (κ2) is 6.12. The third kappa shape index (κ3) is 3.41. The molecule has 0 bridgehead atoms. The molecule has 0 amide bonds. The monoisotopic (exact) mass is 383 g/mol. The highest BCUT2D eigenvalue weighted by Crippen LogP contribution is 2.35. The predicted molar refractivity (Wildman–Crippen MR) is 84.1 cm³/mol. The van der Waals surface area contributed by atoms with Crippen LogP contribution in [0.1, 0.15) is 16.5 Å². The quantitative estimate of drug-likeness (QED) is 0.719. The molecular weight excluding hydrogens is 376 g/mol. The molecule has 1 aromatic carbocycles. The maximum absolute atomic E-state index is 6.15. The van der Waals surface area contributed by atoms with Crippen LogP contribution in [0.4, 0.5) is 0 Å². The van der Waals surface area contributed by atoms with Crippen LogP contribution in [0.2, 0.25) is 14.4 Å². The van der Waals surface area contributed by atoms with Crippen LogP contribution in [0.25, 0.3) is 0 Å². The lowest BCUT2D eigenvalue weighted by molar-refractivity contribution is 0.736. The van der Waals surface area contributed by atoms with Gasteiger partial charge < -0.3 is 5.73 Å². The van der Waals surface area contributed by atoms with Gasteiger partial charge in [0.1, 0.15) is 4.34 Å². The van der Waals surface area contributed by atoms with Crippen molar-refractivity contribution in [3.8, 4) is 0 Å². The predicted octanol–water partition coefficient (Wildman–Crippen LogP) is 5.71. The van der Waals surface area contributed by atoms with Crippen LogP contribution < -0.4 is 5.73 Å². The molecule has 1 heterocycles. The first-order chi connectivity index (χ1) is 8.47. The Kier molecular flexibility index (Phi) is 4.98. The second-order valence-corrected chi connectivity index (χ2v) is 7.18. The molecule has 2 N–H and O–H groups in total. The number of hydrogen-bond acceptors (Lipinski definition) is 2. The fraction of sp³-hybridized carbons (Fsp3) is 0.167. The third-order valence-electron chi connectivity index (χ3n) is 2.47. The van der Waals surface area contributed by atoms with E-state index in [0.29, 0.717) is 16.5 Å². The van der Waals surface area contributed by atoms with Gasteiger partial charge in [0, 0.05) is 15.4 Å². The highest BCUT2D eigenvalue weighted by atomic mass is 79.9. The molecule has 2 aromatic rings. The standard InChI is InChI=1S/C12H9BrCl3NS/c13-7-5-11(18-12(7)16)10(17)4-6-1-2-8(14)9(15)3-6/h1-3,5,10H,4,17H2. The van der Waals surface area contributed by atoms with Crippen LogP contribution in [-0.2, 0) is 6.42 Å². The average Bonchev–Trinajstić information content (AvgIpc) is 2.65. The van der Waals surface area contributed by atoms with Gasteiger partial charge in [-0.05, 0) is 46.1 Å². The summed E-state index contributed by atoms with van der Waals surface area (Å²) < 4.78 is 1.60. The van der Waals surface area contributed by atoms with Gasteiger partial charge in [-0.1, -0.05) is 40.9 Å². The fourth-order valence-corrected chi connectivity index (χ4v) is 3.63. The van der Waals surface area contributed by atoms with Gasteiger partial charge in [-0.3, -0.25) is 0 Å². The van der Waals surface area contributed by atoms with Crippen molar-refractivity contribution in [1.82, 2.24) is 0 Å².